The third-order valence-electron chi connectivity index (χ3n) is 4.34. The lowest BCUT2D eigenvalue weighted by atomic mass is 10.1. The second-order valence-corrected chi connectivity index (χ2v) is 6.70. The first-order valence-electron chi connectivity index (χ1n) is 9.08. The van der Waals surface area contributed by atoms with E-state index in [9.17, 15) is 22.4 Å². The first kappa shape index (κ1) is 20.5. The summed E-state index contributed by atoms with van der Waals surface area (Å²) in [6, 6.07) is 6.99. The minimum Gasteiger partial charge on any atom is -0.377 e. The van der Waals surface area contributed by atoms with Crippen LogP contribution in [0.3, 0.4) is 0 Å². The predicted octanol–water partition coefficient (Wildman–Crippen LogP) is 3.23. The summed E-state index contributed by atoms with van der Waals surface area (Å²) in [6.45, 7) is 0.696. The fourth-order valence-corrected chi connectivity index (χ4v) is 2.76. The van der Waals surface area contributed by atoms with Crippen LogP contribution in [0.5, 0.6) is 0 Å². The third-order valence-corrected chi connectivity index (χ3v) is 4.34. The van der Waals surface area contributed by atoms with Crippen LogP contribution in [0.15, 0.2) is 47.5 Å². The Hall–Kier alpha value is -3.73. The fourth-order valence-electron chi connectivity index (χ4n) is 2.76. The number of anilines is 1. The Bertz CT molecular complexity index is 1140. The molecule has 31 heavy (non-hydrogen) atoms. The summed E-state index contributed by atoms with van der Waals surface area (Å²) in [5.74, 6) is -4.27. The van der Waals surface area contributed by atoms with Gasteiger partial charge in [-0.05, 0) is 30.3 Å². The Balaban J connectivity index is 1.53. The van der Waals surface area contributed by atoms with Crippen LogP contribution in [0.25, 0.3) is 11.3 Å². The average Bonchev–Trinajstić information content (AvgIpc) is 3.14. The van der Waals surface area contributed by atoms with E-state index in [1.807, 2.05) is 0 Å². The van der Waals surface area contributed by atoms with E-state index in [2.05, 4.69) is 25.8 Å². The van der Waals surface area contributed by atoms with Crippen molar-refractivity contribution in [2.75, 3.05) is 18.5 Å². The Kier molecular flexibility index (Phi) is 5.67. The highest BCUT2D eigenvalue weighted by atomic mass is 19.2. The number of aliphatic imine (C=N–C) groups is 1. The van der Waals surface area contributed by atoms with E-state index in [4.69, 9.17) is 4.74 Å². The molecule has 3 N–H and O–H groups in total. The van der Waals surface area contributed by atoms with E-state index in [1.165, 1.54) is 6.07 Å². The largest absolute Gasteiger partial charge is 0.377 e. The molecule has 0 spiro atoms. The van der Waals surface area contributed by atoms with Gasteiger partial charge < -0.3 is 10.1 Å². The number of hydrogen-bond donors (Lipinski definition) is 3. The summed E-state index contributed by atoms with van der Waals surface area (Å²) >= 11 is 0. The molecule has 1 saturated heterocycles. The zero-order valence-corrected chi connectivity index (χ0v) is 15.8. The van der Waals surface area contributed by atoms with Crippen LogP contribution in [0.1, 0.15) is 10.4 Å². The topological polar surface area (TPSA) is 91.4 Å². The second kappa shape index (κ2) is 8.56. The standard InChI is InChI=1S/C20H15F4N5O2/c21-12-3-11(4-13(22)6-12)17-7-18(29-28-17)26-20(25-14-8-31-9-14)27-19(30)10-1-2-15(23)16(24)5-10/h1-7,14H,8-9H2,(H3,25,26,27,28,29,30). The highest BCUT2D eigenvalue weighted by Crippen LogP contribution is 2.22. The maximum absolute atomic E-state index is 13.5. The normalized spacial score (nSPS) is 14.3. The summed E-state index contributed by atoms with van der Waals surface area (Å²) in [7, 11) is 0. The minimum absolute atomic E-state index is 0.00786. The van der Waals surface area contributed by atoms with Crippen molar-refractivity contribution in [1.29, 1.82) is 0 Å². The molecular weight excluding hydrogens is 418 g/mol. The van der Waals surface area contributed by atoms with Gasteiger partial charge in [-0.15, -0.1) is 0 Å². The molecule has 160 valence electrons. The van der Waals surface area contributed by atoms with Crippen molar-refractivity contribution in [1.82, 2.24) is 15.5 Å². The average molecular weight is 433 g/mol. The molecule has 1 fully saturated rings. The summed E-state index contributed by atoms with van der Waals surface area (Å²) in [5, 5.41) is 11.9. The van der Waals surface area contributed by atoms with Gasteiger partial charge in [-0.3, -0.25) is 15.2 Å². The molecule has 7 nitrogen and oxygen atoms in total. The van der Waals surface area contributed by atoms with E-state index in [0.29, 0.717) is 18.9 Å². The number of halogens is 4. The number of aromatic amines is 1. The lowest BCUT2D eigenvalue weighted by molar-refractivity contribution is 0.0131. The third kappa shape index (κ3) is 4.89. The number of benzene rings is 2. The molecule has 0 bridgehead atoms. The number of rotatable bonds is 4. The summed E-state index contributed by atoms with van der Waals surface area (Å²) in [6.07, 6.45) is 0. The number of amides is 1. The van der Waals surface area contributed by atoms with Crippen LogP contribution in [-0.4, -0.2) is 41.3 Å². The summed E-state index contributed by atoms with van der Waals surface area (Å²) in [5.41, 5.74) is 0.435. The molecule has 2 heterocycles. The molecule has 1 aliphatic rings. The first-order valence-corrected chi connectivity index (χ1v) is 9.08. The summed E-state index contributed by atoms with van der Waals surface area (Å²) < 4.78 is 58.5. The summed E-state index contributed by atoms with van der Waals surface area (Å²) in [4.78, 5) is 16.7. The molecule has 0 aliphatic carbocycles. The van der Waals surface area contributed by atoms with Crippen molar-refractivity contribution in [3.8, 4) is 11.3 Å². The van der Waals surface area contributed by atoms with Gasteiger partial charge in [0, 0.05) is 23.3 Å². The van der Waals surface area contributed by atoms with Gasteiger partial charge in [-0.2, -0.15) is 5.10 Å². The quantitative estimate of drug-likeness (QED) is 0.335. The maximum atomic E-state index is 13.5. The number of ether oxygens (including phenoxy) is 1. The minimum atomic E-state index is -1.16. The van der Waals surface area contributed by atoms with Crippen LogP contribution in [0, 0.1) is 23.3 Å². The zero-order valence-electron chi connectivity index (χ0n) is 15.8. The first-order chi connectivity index (χ1) is 14.9. The lowest BCUT2D eigenvalue weighted by Gasteiger charge is -2.23. The molecule has 4 rings (SSSR count). The van der Waals surface area contributed by atoms with Crippen molar-refractivity contribution in [2.24, 2.45) is 4.99 Å². The van der Waals surface area contributed by atoms with Gasteiger partial charge in [-0.25, -0.2) is 22.6 Å². The van der Waals surface area contributed by atoms with E-state index in [1.54, 1.807) is 0 Å². The zero-order chi connectivity index (χ0) is 22.0. The Morgan fingerprint density at radius 2 is 1.77 bits per heavy atom. The van der Waals surface area contributed by atoms with Gasteiger partial charge in [0.15, 0.2) is 17.5 Å². The molecule has 0 saturated carbocycles. The van der Waals surface area contributed by atoms with Gasteiger partial charge in [0.05, 0.1) is 18.9 Å². The van der Waals surface area contributed by atoms with Crippen LogP contribution in [-0.2, 0) is 4.74 Å². The number of H-pyrrole nitrogens is 1. The highest BCUT2D eigenvalue weighted by molar-refractivity contribution is 6.09. The number of nitrogens with one attached hydrogen (secondary N) is 3. The monoisotopic (exact) mass is 433 g/mol. The van der Waals surface area contributed by atoms with Crippen molar-refractivity contribution in [3.05, 3.63) is 71.3 Å². The van der Waals surface area contributed by atoms with Crippen LogP contribution < -0.4 is 10.6 Å². The SMILES string of the molecule is O=C(NC(=NC1COC1)Nc1cc(-c2cc(F)cc(F)c2)[nH]n1)c1ccc(F)c(F)c1. The molecule has 11 heteroatoms. The number of aromatic nitrogens is 2. The highest BCUT2D eigenvalue weighted by Gasteiger charge is 2.20. The number of carbonyl (C=O) groups excluding carboxylic acids is 1. The number of carbonyl (C=O) groups is 1. The number of nitrogens with zero attached hydrogens (tertiary/aromatic N) is 2. The lowest BCUT2D eigenvalue weighted by Crippen LogP contribution is -2.40. The van der Waals surface area contributed by atoms with Crippen molar-refractivity contribution >= 4 is 17.7 Å². The van der Waals surface area contributed by atoms with E-state index < -0.39 is 29.2 Å². The maximum Gasteiger partial charge on any atom is 0.258 e. The molecule has 0 unspecified atom stereocenters. The Morgan fingerprint density at radius 3 is 2.42 bits per heavy atom. The molecule has 1 aromatic heterocycles. The van der Waals surface area contributed by atoms with Gasteiger partial charge in [-0.1, -0.05) is 0 Å². The molecular formula is C20H15F4N5O2. The van der Waals surface area contributed by atoms with Crippen LogP contribution in [0.4, 0.5) is 23.4 Å². The van der Waals surface area contributed by atoms with Gasteiger partial charge in [0.2, 0.25) is 5.96 Å². The van der Waals surface area contributed by atoms with Crippen molar-refractivity contribution in [2.45, 2.75) is 6.04 Å². The molecule has 2 aromatic carbocycles. The van der Waals surface area contributed by atoms with Crippen molar-refractivity contribution in [3.63, 3.8) is 0 Å². The molecule has 3 aromatic rings. The number of guanidine groups is 1. The van der Waals surface area contributed by atoms with Crippen LogP contribution >= 0.6 is 0 Å². The number of hydrogen-bond acceptors (Lipinski definition) is 4. The smallest absolute Gasteiger partial charge is 0.258 e. The molecule has 0 radical (unpaired) electrons. The van der Waals surface area contributed by atoms with Gasteiger partial charge in [0.1, 0.15) is 17.7 Å². The Labute approximate surface area is 173 Å². The van der Waals surface area contributed by atoms with Gasteiger partial charge >= 0.3 is 0 Å². The fraction of sp³-hybridized carbons (Fsp3) is 0.150. The van der Waals surface area contributed by atoms with Crippen LogP contribution in [0.2, 0.25) is 0 Å². The van der Waals surface area contributed by atoms with E-state index in [0.717, 1.165) is 36.4 Å². The van der Waals surface area contributed by atoms with E-state index >= 15 is 0 Å². The molecule has 0 atom stereocenters. The van der Waals surface area contributed by atoms with E-state index in [-0.39, 0.29) is 28.9 Å². The van der Waals surface area contributed by atoms with Gasteiger partial charge in [0.25, 0.3) is 5.91 Å². The molecule has 1 aliphatic heterocycles. The second-order valence-electron chi connectivity index (χ2n) is 6.70. The van der Waals surface area contributed by atoms with Crippen molar-refractivity contribution < 1.29 is 27.1 Å². The Morgan fingerprint density at radius 1 is 1.03 bits per heavy atom. The predicted molar refractivity (Wildman–Crippen MR) is 103 cm³/mol. The molecule has 1 amide bonds.